The highest BCUT2D eigenvalue weighted by Gasteiger charge is 2.06. The molecule has 0 aliphatic rings. The van der Waals surface area contributed by atoms with Gasteiger partial charge in [0.1, 0.15) is 0 Å². The Balaban J connectivity index is 2.17. The molecule has 0 spiro atoms. The van der Waals surface area contributed by atoms with Crippen molar-refractivity contribution in [3.63, 3.8) is 0 Å². The van der Waals surface area contributed by atoms with Gasteiger partial charge in [-0.3, -0.25) is 0 Å². The second kappa shape index (κ2) is 5.10. The van der Waals surface area contributed by atoms with Crippen molar-refractivity contribution < 1.29 is 0 Å². The summed E-state index contributed by atoms with van der Waals surface area (Å²) in [5.74, 6) is 0. The van der Waals surface area contributed by atoms with Crippen molar-refractivity contribution in [1.82, 2.24) is 0 Å². The Bertz CT molecular complexity index is 739. The summed E-state index contributed by atoms with van der Waals surface area (Å²) < 4.78 is 0. The van der Waals surface area contributed by atoms with Crippen LogP contribution in [0.2, 0.25) is 0 Å². The lowest BCUT2D eigenvalue weighted by Gasteiger charge is -2.11. The minimum atomic E-state index is 0.0822. The first-order chi connectivity index (χ1) is 9.66. The lowest BCUT2D eigenvalue weighted by atomic mass is 9.94. The molecule has 3 rings (SSSR count). The van der Waals surface area contributed by atoms with E-state index in [1.165, 1.54) is 33.0 Å². The number of hydrogen-bond donors (Lipinski definition) is 1. The molecule has 0 saturated carbocycles. The van der Waals surface area contributed by atoms with Crippen molar-refractivity contribution >= 4 is 10.8 Å². The molecule has 20 heavy (non-hydrogen) atoms. The lowest BCUT2D eigenvalue weighted by Crippen LogP contribution is -2.04. The zero-order chi connectivity index (χ0) is 14.1. The van der Waals surface area contributed by atoms with Crippen LogP contribution in [0, 0.1) is 6.92 Å². The Morgan fingerprint density at radius 1 is 0.800 bits per heavy atom. The van der Waals surface area contributed by atoms with Crippen LogP contribution in [0.25, 0.3) is 21.9 Å². The molecule has 1 nitrogen and oxygen atoms in total. The summed E-state index contributed by atoms with van der Waals surface area (Å²) in [5.41, 5.74) is 10.9. The zero-order valence-corrected chi connectivity index (χ0v) is 11.9. The van der Waals surface area contributed by atoms with Crippen molar-refractivity contribution in [2.24, 2.45) is 5.73 Å². The molecule has 0 fully saturated rings. The van der Waals surface area contributed by atoms with Gasteiger partial charge >= 0.3 is 0 Å². The highest BCUT2D eigenvalue weighted by atomic mass is 14.6. The number of hydrogen-bond acceptors (Lipinski definition) is 1. The summed E-state index contributed by atoms with van der Waals surface area (Å²) in [5, 5.41) is 2.63. The lowest BCUT2D eigenvalue weighted by molar-refractivity contribution is 0.818. The molecule has 1 unspecified atom stereocenters. The van der Waals surface area contributed by atoms with E-state index in [9.17, 15) is 0 Å². The van der Waals surface area contributed by atoms with Crippen molar-refractivity contribution in [1.29, 1.82) is 0 Å². The van der Waals surface area contributed by atoms with E-state index >= 15 is 0 Å². The molecule has 3 aromatic carbocycles. The van der Waals surface area contributed by atoms with E-state index < -0.39 is 0 Å². The van der Waals surface area contributed by atoms with E-state index in [-0.39, 0.29) is 6.04 Å². The minimum absolute atomic E-state index is 0.0822. The quantitative estimate of drug-likeness (QED) is 0.702. The molecule has 1 atom stereocenters. The number of aryl methyl sites for hydroxylation is 1. The van der Waals surface area contributed by atoms with Crippen LogP contribution < -0.4 is 5.73 Å². The average molecular weight is 261 g/mol. The van der Waals surface area contributed by atoms with Gasteiger partial charge in [-0.05, 0) is 46.9 Å². The van der Waals surface area contributed by atoms with Gasteiger partial charge in [0.15, 0.2) is 0 Å². The molecule has 3 aromatic rings. The standard InChI is InChI=1S/C19H19N/c1-13-7-12-18(19-6-4-3-5-17(13)19)16-10-8-15(9-11-16)14(2)20/h3-12,14H,20H2,1-2H3. The molecule has 2 N–H and O–H groups in total. The maximum absolute atomic E-state index is 5.91. The minimum Gasteiger partial charge on any atom is -0.324 e. The van der Waals surface area contributed by atoms with E-state index in [0.717, 1.165) is 0 Å². The van der Waals surface area contributed by atoms with Crippen molar-refractivity contribution in [2.75, 3.05) is 0 Å². The Morgan fingerprint density at radius 3 is 2.10 bits per heavy atom. The maximum Gasteiger partial charge on any atom is 0.0266 e. The number of rotatable bonds is 2. The zero-order valence-electron chi connectivity index (χ0n) is 11.9. The van der Waals surface area contributed by atoms with Crippen molar-refractivity contribution in [2.45, 2.75) is 19.9 Å². The third-order valence-corrected chi connectivity index (χ3v) is 3.89. The smallest absolute Gasteiger partial charge is 0.0266 e. The Labute approximate surface area is 120 Å². The van der Waals surface area contributed by atoms with Crippen LogP contribution in [0.5, 0.6) is 0 Å². The molecule has 0 radical (unpaired) electrons. The van der Waals surface area contributed by atoms with Gasteiger partial charge in [0, 0.05) is 6.04 Å². The first-order valence-corrected chi connectivity index (χ1v) is 7.01. The van der Waals surface area contributed by atoms with Crippen LogP contribution in [0.15, 0.2) is 60.7 Å². The average Bonchev–Trinajstić information content (AvgIpc) is 2.48. The molecule has 0 heterocycles. The Kier molecular flexibility index (Phi) is 3.29. The summed E-state index contributed by atoms with van der Waals surface area (Å²) in [4.78, 5) is 0. The summed E-state index contributed by atoms with van der Waals surface area (Å²) in [6.07, 6.45) is 0. The number of fused-ring (bicyclic) bond motifs is 1. The van der Waals surface area contributed by atoms with Gasteiger partial charge in [0.25, 0.3) is 0 Å². The third-order valence-electron chi connectivity index (χ3n) is 3.89. The first-order valence-electron chi connectivity index (χ1n) is 7.01. The number of benzene rings is 3. The van der Waals surface area contributed by atoms with Crippen LogP contribution in [0.3, 0.4) is 0 Å². The molecule has 100 valence electrons. The molecule has 1 heteroatoms. The predicted molar refractivity (Wildman–Crippen MR) is 86.7 cm³/mol. The van der Waals surface area contributed by atoms with Gasteiger partial charge in [0.05, 0.1) is 0 Å². The van der Waals surface area contributed by atoms with Crippen LogP contribution >= 0.6 is 0 Å². The molecular weight excluding hydrogens is 242 g/mol. The van der Waals surface area contributed by atoms with E-state index in [4.69, 9.17) is 5.73 Å². The normalized spacial score (nSPS) is 12.6. The van der Waals surface area contributed by atoms with Gasteiger partial charge in [-0.2, -0.15) is 0 Å². The van der Waals surface area contributed by atoms with Gasteiger partial charge < -0.3 is 5.73 Å². The van der Waals surface area contributed by atoms with Crippen molar-refractivity contribution in [3.05, 3.63) is 71.8 Å². The van der Waals surface area contributed by atoms with E-state index in [1.54, 1.807) is 0 Å². The summed E-state index contributed by atoms with van der Waals surface area (Å²) in [6, 6.07) is 21.6. The molecule has 0 aliphatic carbocycles. The van der Waals surface area contributed by atoms with Crippen LogP contribution in [0.4, 0.5) is 0 Å². The fourth-order valence-corrected chi connectivity index (χ4v) is 2.67. The second-order valence-electron chi connectivity index (χ2n) is 5.39. The predicted octanol–water partition coefficient (Wildman–Crippen LogP) is 4.83. The fourth-order valence-electron chi connectivity index (χ4n) is 2.67. The van der Waals surface area contributed by atoms with E-state index in [0.29, 0.717) is 0 Å². The molecule has 0 bridgehead atoms. The molecule has 0 aromatic heterocycles. The van der Waals surface area contributed by atoms with Gasteiger partial charge in [0.2, 0.25) is 0 Å². The highest BCUT2D eigenvalue weighted by Crippen LogP contribution is 2.31. The monoisotopic (exact) mass is 261 g/mol. The third kappa shape index (κ3) is 2.21. The van der Waals surface area contributed by atoms with Crippen LogP contribution in [-0.4, -0.2) is 0 Å². The van der Waals surface area contributed by atoms with Gasteiger partial charge in [-0.1, -0.05) is 60.7 Å². The van der Waals surface area contributed by atoms with Gasteiger partial charge in [-0.15, -0.1) is 0 Å². The Hall–Kier alpha value is -2.12. The number of nitrogens with two attached hydrogens (primary N) is 1. The first kappa shape index (κ1) is 12.9. The topological polar surface area (TPSA) is 26.0 Å². The van der Waals surface area contributed by atoms with E-state index in [1.807, 2.05) is 6.92 Å². The highest BCUT2D eigenvalue weighted by molar-refractivity contribution is 5.98. The second-order valence-corrected chi connectivity index (χ2v) is 5.39. The largest absolute Gasteiger partial charge is 0.324 e. The van der Waals surface area contributed by atoms with Crippen LogP contribution in [-0.2, 0) is 0 Å². The molecular formula is C19H19N. The van der Waals surface area contributed by atoms with Crippen molar-refractivity contribution in [3.8, 4) is 11.1 Å². The van der Waals surface area contributed by atoms with E-state index in [2.05, 4.69) is 67.6 Å². The Morgan fingerprint density at radius 2 is 1.45 bits per heavy atom. The van der Waals surface area contributed by atoms with Crippen LogP contribution in [0.1, 0.15) is 24.1 Å². The van der Waals surface area contributed by atoms with Gasteiger partial charge in [-0.25, -0.2) is 0 Å². The summed E-state index contributed by atoms with van der Waals surface area (Å²) >= 11 is 0. The molecule has 0 saturated heterocycles. The maximum atomic E-state index is 5.91. The SMILES string of the molecule is Cc1ccc(-c2ccc(C(C)N)cc2)c2ccccc12. The molecule has 0 aliphatic heterocycles. The summed E-state index contributed by atoms with van der Waals surface area (Å²) in [7, 11) is 0. The fraction of sp³-hybridized carbons (Fsp3) is 0.158. The summed E-state index contributed by atoms with van der Waals surface area (Å²) in [6.45, 7) is 4.17. The molecule has 0 amide bonds.